The van der Waals surface area contributed by atoms with Crippen LogP contribution in [0.2, 0.25) is 0 Å². The van der Waals surface area contributed by atoms with Gasteiger partial charge in [-0.05, 0) is 124 Å². The van der Waals surface area contributed by atoms with Gasteiger partial charge in [0.25, 0.3) is 0 Å². The van der Waals surface area contributed by atoms with Gasteiger partial charge in [-0.25, -0.2) is 0 Å². The van der Waals surface area contributed by atoms with Crippen molar-refractivity contribution in [2.45, 2.75) is 37.7 Å². The first kappa shape index (κ1) is 29.9. The molecule has 1 aromatic heterocycles. The molecular formula is C47H36N2O2. The molecule has 4 nitrogen and oxygen atoms in total. The SMILES string of the molecule is OC1Cc2ccc(N(C3=CC=C(c4cnc5ccccc5c4)CC3)c3ccc4c(c3)CC3C(=C4)Oc4ccccc43)cc2C=C1c1ccccc1. The lowest BCUT2D eigenvalue weighted by Crippen LogP contribution is -2.21. The number of aliphatic hydroxyl groups excluding tert-OH is 1. The van der Waals surface area contributed by atoms with Crippen molar-refractivity contribution in [3.8, 4) is 5.75 Å². The molecule has 0 radical (unpaired) electrons. The molecule has 0 amide bonds. The maximum absolute atomic E-state index is 11.1. The van der Waals surface area contributed by atoms with E-state index in [1.54, 1.807) is 0 Å². The van der Waals surface area contributed by atoms with Crippen molar-refractivity contribution < 1.29 is 9.84 Å². The van der Waals surface area contributed by atoms with Crippen molar-refractivity contribution in [3.05, 3.63) is 190 Å². The second-order valence-electron chi connectivity index (χ2n) is 14.0. The zero-order valence-electron chi connectivity index (χ0n) is 28.2. The third kappa shape index (κ3) is 5.31. The average molecular weight is 661 g/mol. The normalized spacial score (nSPS) is 18.6. The first-order chi connectivity index (χ1) is 25.1. The smallest absolute Gasteiger partial charge is 0.130 e. The lowest BCUT2D eigenvalue weighted by atomic mass is 9.84. The summed E-state index contributed by atoms with van der Waals surface area (Å²) < 4.78 is 6.29. The van der Waals surface area contributed by atoms with Gasteiger partial charge in [0.05, 0.1) is 11.6 Å². The predicted octanol–water partition coefficient (Wildman–Crippen LogP) is 10.7. The van der Waals surface area contributed by atoms with Gasteiger partial charge in [0.2, 0.25) is 0 Å². The molecule has 4 heteroatoms. The Kier molecular flexibility index (Phi) is 7.10. The summed E-state index contributed by atoms with van der Waals surface area (Å²) in [6.07, 6.45) is 13.8. The number of rotatable bonds is 5. The van der Waals surface area contributed by atoms with E-state index in [1.807, 2.05) is 36.5 Å². The second-order valence-corrected chi connectivity index (χ2v) is 14.0. The molecule has 10 rings (SSSR count). The Morgan fingerprint density at radius 2 is 1.49 bits per heavy atom. The molecule has 4 aliphatic rings. The van der Waals surface area contributed by atoms with Crippen LogP contribution in [0.3, 0.4) is 0 Å². The topological polar surface area (TPSA) is 45.6 Å². The number of benzene rings is 5. The molecule has 2 atom stereocenters. The highest BCUT2D eigenvalue weighted by Gasteiger charge is 2.33. The Bertz CT molecular complexity index is 2490. The van der Waals surface area contributed by atoms with Crippen LogP contribution in [0.4, 0.5) is 11.4 Å². The molecule has 51 heavy (non-hydrogen) atoms. The maximum Gasteiger partial charge on any atom is 0.130 e. The van der Waals surface area contributed by atoms with E-state index in [9.17, 15) is 5.11 Å². The van der Waals surface area contributed by atoms with E-state index in [0.29, 0.717) is 6.42 Å². The minimum absolute atomic E-state index is 0.240. The van der Waals surface area contributed by atoms with Gasteiger partial charge in [0, 0.05) is 46.6 Å². The summed E-state index contributed by atoms with van der Waals surface area (Å²) in [5.74, 6) is 2.26. The molecule has 0 fully saturated rings. The number of ether oxygens (including phenoxy) is 1. The van der Waals surface area contributed by atoms with Gasteiger partial charge in [-0.3, -0.25) is 4.98 Å². The summed E-state index contributed by atoms with van der Waals surface area (Å²) in [6.45, 7) is 0. The molecule has 2 unspecified atom stereocenters. The average Bonchev–Trinajstić information content (AvgIpc) is 3.54. The van der Waals surface area contributed by atoms with Crippen molar-refractivity contribution in [3.63, 3.8) is 0 Å². The van der Waals surface area contributed by atoms with E-state index in [2.05, 4.69) is 120 Å². The van der Waals surface area contributed by atoms with Crippen molar-refractivity contribution >= 4 is 45.6 Å². The molecule has 0 bridgehead atoms. The van der Waals surface area contributed by atoms with Crippen molar-refractivity contribution in [2.24, 2.45) is 0 Å². The van der Waals surface area contributed by atoms with Crippen LogP contribution in [-0.4, -0.2) is 16.2 Å². The van der Waals surface area contributed by atoms with Crippen LogP contribution in [0.1, 0.15) is 57.7 Å². The van der Waals surface area contributed by atoms with E-state index in [1.165, 1.54) is 33.5 Å². The molecule has 1 aliphatic heterocycles. The third-order valence-corrected chi connectivity index (χ3v) is 10.9. The van der Waals surface area contributed by atoms with Crippen molar-refractivity contribution in [1.82, 2.24) is 4.98 Å². The van der Waals surface area contributed by atoms with E-state index in [0.717, 1.165) is 75.3 Å². The van der Waals surface area contributed by atoms with Gasteiger partial charge in [-0.1, -0.05) is 84.9 Å². The highest BCUT2D eigenvalue weighted by atomic mass is 16.5. The summed E-state index contributed by atoms with van der Waals surface area (Å²) in [6, 6.07) is 42.9. The van der Waals surface area contributed by atoms with Gasteiger partial charge in [-0.15, -0.1) is 0 Å². The van der Waals surface area contributed by atoms with Crippen molar-refractivity contribution in [2.75, 3.05) is 4.90 Å². The predicted molar refractivity (Wildman–Crippen MR) is 208 cm³/mol. The molecule has 0 spiro atoms. The molecule has 246 valence electrons. The van der Waals surface area contributed by atoms with Gasteiger partial charge in [0.1, 0.15) is 11.5 Å². The van der Waals surface area contributed by atoms with Crippen LogP contribution in [0.15, 0.2) is 151 Å². The largest absolute Gasteiger partial charge is 0.461 e. The first-order valence-corrected chi connectivity index (χ1v) is 17.9. The van der Waals surface area contributed by atoms with Crippen LogP contribution in [0.5, 0.6) is 5.75 Å². The number of nitrogens with zero attached hydrogens (tertiary/aromatic N) is 2. The van der Waals surface area contributed by atoms with Crippen LogP contribution in [-0.2, 0) is 12.8 Å². The molecule has 0 saturated heterocycles. The van der Waals surface area contributed by atoms with Gasteiger partial charge >= 0.3 is 0 Å². The number of hydrogen-bond donors (Lipinski definition) is 1. The van der Waals surface area contributed by atoms with Crippen LogP contribution in [0, 0.1) is 0 Å². The standard InChI is InChI=1S/C47H36N2O2/c50-45-27-32-16-20-39(23-35(32)25-42(45)31-8-2-1-3-9-31)49(38-18-14-30(15-19-38)37-22-34-10-4-6-12-44(34)48-29-37)40-21-17-33-28-47-43(26-36(33)24-40)41-11-5-7-13-46(41)51-47/h1-14,16-18,20-25,28-29,43,45,50H,15,19,26-27H2. The van der Waals surface area contributed by atoms with Crippen LogP contribution < -0.4 is 9.64 Å². The maximum atomic E-state index is 11.1. The monoisotopic (exact) mass is 660 g/mol. The fourth-order valence-electron chi connectivity index (χ4n) is 8.29. The molecule has 1 N–H and O–H groups in total. The number of pyridine rings is 1. The summed E-state index contributed by atoms with van der Waals surface area (Å²) >= 11 is 0. The first-order valence-electron chi connectivity index (χ1n) is 17.9. The molecule has 2 heterocycles. The Hall–Kier alpha value is -5.97. The van der Waals surface area contributed by atoms with Crippen LogP contribution >= 0.6 is 0 Å². The highest BCUT2D eigenvalue weighted by molar-refractivity contribution is 5.89. The molecule has 5 aromatic carbocycles. The number of allylic oxidation sites excluding steroid dienone is 5. The summed E-state index contributed by atoms with van der Waals surface area (Å²) in [5.41, 5.74) is 15.2. The number of para-hydroxylation sites is 2. The number of hydrogen-bond acceptors (Lipinski definition) is 4. The lowest BCUT2D eigenvalue weighted by Gasteiger charge is -2.32. The van der Waals surface area contributed by atoms with Gasteiger partial charge < -0.3 is 14.7 Å². The van der Waals surface area contributed by atoms with E-state index in [4.69, 9.17) is 9.72 Å². The Morgan fingerprint density at radius 3 is 2.39 bits per heavy atom. The third-order valence-electron chi connectivity index (χ3n) is 10.9. The number of anilines is 2. The Labute approximate surface area is 298 Å². The summed E-state index contributed by atoms with van der Waals surface area (Å²) in [4.78, 5) is 7.19. The minimum Gasteiger partial charge on any atom is -0.461 e. The number of fused-ring (bicyclic) bond motifs is 6. The van der Waals surface area contributed by atoms with E-state index < -0.39 is 6.10 Å². The Balaban J connectivity index is 1.06. The fourth-order valence-corrected chi connectivity index (χ4v) is 8.29. The highest BCUT2D eigenvalue weighted by Crippen LogP contribution is 2.47. The molecule has 3 aliphatic carbocycles. The van der Waals surface area contributed by atoms with E-state index >= 15 is 0 Å². The van der Waals surface area contributed by atoms with Gasteiger partial charge in [-0.2, -0.15) is 0 Å². The molecule has 6 aromatic rings. The van der Waals surface area contributed by atoms with Crippen molar-refractivity contribution in [1.29, 1.82) is 0 Å². The summed E-state index contributed by atoms with van der Waals surface area (Å²) in [7, 11) is 0. The minimum atomic E-state index is -0.528. The fraction of sp³-hybridized carbons (Fsp3) is 0.128. The zero-order chi connectivity index (χ0) is 33.9. The second kappa shape index (κ2) is 12.1. The number of aliphatic hydroxyl groups is 1. The quantitative estimate of drug-likeness (QED) is 0.200. The summed E-state index contributed by atoms with van der Waals surface area (Å²) in [5, 5.41) is 12.3. The lowest BCUT2D eigenvalue weighted by molar-refractivity contribution is 0.232. The number of aromatic nitrogens is 1. The zero-order valence-corrected chi connectivity index (χ0v) is 28.2. The molecule has 0 saturated carbocycles. The Morgan fingerprint density at radius 1 is 0.667 bits per heavy atom. The van der Waals surface area contributed by atoms with E-state index in [-0.39, 0.29) is 5.92 Å². The van der Waals surface area contributed by atoms with Gasteiger partial charge in [0.15, 0.2) is 0 Å². The van der Waals surface area contributed by atoms with Crippen LogP contribution in [0.25, 0.3) is 34.2 Å². The molecular weight excluding hydrogens is 625 g/mol.